The third-order valence-corrected chi connectivity index (χ3v) is 7.11. The van der Waals surface area contributed by atoms with E-state index in [0.29, 0.717) is 5.56 Å². The number of alkyl halides is 5. The Balaban J connectivity index is 1.76. The first kappa shape index (κ1) is 33.1. The quantitative estimate of drug-likeness (QED) is 0.271. The Morgan fingerprint density at radius 3 is 2.21 bits per heavy atom. The van der Waals surface area contributed by atoms with Gasteiger partial charge in [-0.1, -0.05) is 38.4 Å². The number of hydrogen-bond acceptors (Lipinski definition) is 4. The van der Waals surface area contributed by atoms with Gasteiger partial charge in [0.15, 0.2) is 0 Å². The second kappa shape index (κ2) is 13.7. The lowest BCUT2D eigenvalue weighted by atomic mass is 9.85. The van der Waals surface area contributed by atoms with E-state index in [2.05, 4.69) is 16.0 Å². The van der Waals surface area contributed by atoms with Gasteiger partial charge >= 0.3 is 6.18 Å². The summed E-state index contributed by atoms with van der Waals surface area (Å²) in [5.41, 5.74) is 0.0430. The molecule has 0 atom stereocenters. The molecule has 2 aromatic rings. The molecule has 0 unspecified atom stereocenters. The van der Waals surface area contributed by atoms with Gasteiger partial charge in [-0.25, -0.2) is 8.78 Å². The first-order valence-corrected chi connectivity index (χ1v) is 13.7. The Morgan fingerprint density at radius 1 is 0.952 bits per heavy atom. The molecule has 230 valence electrons. The van der Waals surface area contributed by atoms with Crippen LogP contribution >= 0.6 is 11.6 Å². The van der Waals surface area contributed by atoms with Crippen molar-refractivity contribution in [1.82, 2.24) is 10.6 Å². The van der Waals surface area contributed by atoms with Crippen molar-refractivity contribution in [2.75, 3.05) is 11.9 Å². The van der Waals surface area contributed by atoms with E-state index < -0.39 is 48.4 Å². The highest BCUT2D eigenvalue weighted by molar-refractivity contribution is 6.34. The molecule has 0 heterocycles. The molecular formula is C29H33ClF5N3O4. The Labute approximate surface area is 245 Å². The van der Waals surface area contributed by atoms with Crippen molar-refractivity contribution >= 4 is 35.0 Å². The molecule has 3 rings (SSSR count). The number of hydrogen-bond donors (Lipinski definition) is 3. The summed E-state index contributed by atoms with van der Waals surface area (Å²) in [5.74, 6) is -3.17. The molecule has 1 aliphatic carbocycles. The largest absolute Gasteiger partial charge is 0.487 e. The van der Waals surface area contributed by atoms with Crippen molar-refractivity contribution in [2.24, 2.45) is 11.3 Å². The number of benzene rings is 2. The Bertz CT molecular complexity index is 1290. The van der Waals surface area contributed by atoms with Crippen LogP contribution in [-0.4, -0.2) is 43.0 Å². The fraction of sp³-hybridized carbons (Fsp3) is 0.483. The summed E-state index contributed by atoms with van der Waals surface area (Å²) < 4.78 is 69.7. The van der Waals surface area contributed by atoms with Gasteiger partial charge in [0.25, 0.3) is 18.2 Å². The van der Waals surface area contributed by atoms with Gasteiger partial charge < -0.3 is 20.7 Å². The van der Waals surface area contributed by atoms with Crippen molar-refractivity contribution in [1.29, 1.82) is 0 Å². The van der Waals surface area contributed by atoms with E-state index in [9.17, 15) is 36.3 Å². The second-order valence-electron chi connectivity index (χ2n) is 11.2. The van der Waals surface area contributed by atoms with Crippen LogP contribution in [0.25, 0.3) is 0 Å². The summed E-state index contributed by atoms with van der Waals surface area (Å²) in [5, 5.41) is 8.17. The van der Waals surface area contributed by atoms with E-state index in [1.165, 1.54) is 30.3 Å². The molecule has 3 amide bonds. The number of anilines is 1. The van der Waals surface area contributed by atoms with Gasteiger partial charge in [-0.15, -0.1) is 0 Å². The zero-order valence-corrected chi connectivity index (χ0v) is 24.1. The summed E-state index contributed by atoms with van der Waals surface area (Å²) in [4.78, 5) is 38.4. The lowest BCUT2D eigenvalue weighted by molar-refractivity contribution is -0.182. The van der Waals surface area contributed by atoms with E-state index in [1.54, 1.807) is 26.8 Å². The monoisotopic (exact) mass is 617 g/mol. The van der Waals surface area contributed by atoms with Crippen molar-refractivity contribution in [3.8, 4) is 5.75 Å². The Hall–Kier alpha value is -3.41. The summed E-state index contributed by atoms with van der Waals surface area (Å²) in [6.45, 7) is 4.45. The molecule has 3 N–H and O–H groups in total. The zero-order chi connectivity index (χ0) is 31.2. The molecule has 2 aromatic carbocycles. The van der Waals surface area contributed by atoms with Crippen LogP contribution in [0.3, 0.4) is 0 Å². The van der Waals surface area contributed by atoms with E-state index in [0.717, 1.165) is 0 Å². The minimum Gasteiger partial charge on any atom is -0.487 e. The van der Waals surface area contributed by atoms with Crippen LogP contribution in [0, 0.1) is 11.3 Å². The van der Waals surface area contributed by atoms with Crippen LogP contribution in [0.15, 0.2) is 36.4 Å². The second-order valence-corrected chi connectivity index (χ2v) is 11.6. The highest BCUT2D eigenvalue weighted by Crippen LogP contribution is 2.37. The van der Waals surface area contributed by atoms with Crippen LogP contribution in [-0.2, 0) is 11.3 Å². The molecule has 1 fully saturated rings. The molecule has 1 aliphatic rings. The molecule has 0 aromatic heterocycles. The number of amides is 3. The molecule has 7 nitrogen and oxygen atoms in total. The van der Waals surface area contributed by atoms with E-state index in [-0.39, 0.29) is 65.7 Å². The first-order chi connectivity index (χ1) is 19.5. The topological polar surface area (TPSA) is 96.5 Å². The van der Waals surface area contributed by atoms with Crippen LogP contribution in [0.1, 0.15) is 72.7 Å². The number of nitrogens with one attached hydrogen (secondary N) is 3. The minimum absolute atomic E-state index is 0.0876. The average Bonchev–Trinajstić information content (AvgIpc) is 2.90. The van der Waals surface area contributed by atoms with E-state index in [4.69, 9.17) is 16.3 Å². The first-order valence-electron chi connectivity index (χ1n) is 13.3. The van der Waals surface area contributed by atoms with Gasteiger partial charge in [0.2, 0.25) is 5.91 Å². The van der Waals surface area contributed by atoms with Crippen molar-refractivity contribution in [2.45, 2.75) is 71.6 Å². The normalized spacial score (nSPS) is 17.5. The van der Waals surface area contributed by atoms with Gasteiger partial charge in [-0.05, 0) is 61.6 Å². The Morgan fingerprint density at radius 2 is 1.62 bits per heavy atom. The van der Waals surface area contributed by atoms with E-state index >= 15 is 0 Å². The van der Waals surface area contributed by atoms with Crippen LogP contribution < -0.4 is 20.7 Å². The minimum atomic E-state index is -4.30. The highest BCUT2D eigenvalue weighted by Gasteiger charge is 2.41. The number of ether oxygens (including phenoxy) is 1. The van der Waals surface area contributed by atoms with Gasteiger partial charge in [0.05, 0.1) is 22.1 Å². The number of halogens is 6. The molecule has 0 aliphatic heterocycles. The summed E-state index contributed by atoms with van der Waals surface area (Å²) in [7, 11) is 0. The lowest BCUT2D eigenvalue weighted by Crippen LogP contribution is -2.40. The third-order valence-electron chi connectivity index (χ3n) is 6.78. The molecule has 13 heteroatoms. The maximum atomic E-state index is 13.1. The van der Waals surface area contributed by atoms with Gasteiger partial charge in [0, 0.05) is 23.7 Å². The van der Waals surface area contributed by atoms with Crippen molar-refractivity contribution in [3.05, 3.63) is 58.1 Å². The summed E-state index contributed by atoms with van der Waals surface area (Å²) >= 11 is 6.24. The zero-order valence-electron chi connectivity index (χ0n) is 23.3. The molecule has 0 bridgehead atoms. The fourth-order valence-corrected chi connectivity index (χ4v) is 4.60. The molecule has 0 radical (unpaired) electrons. The van der Waals surface area contributed by atoms with Gasteiger partial charge in [-0.3, -0.25) is 14.4 Å². The maximum absolute atomic E-state index is 13.1. The molecule has 0 spiro atoms. The summed E-state index contributed by atoms with van der Waals surface area (Å²) in [6.07, 6.45) is -7.20. The van der Waals surface area contributed by atoms with Gasteiger partial charge in [0.1, 0.15) is 12.4 Å². The van der Waals surface area contributed by atoms with Crippen LogP contribution in [0.5, 0.6) is 5.75 Å². The maximum Gasteiger partial charge on any atom is 0.391 e. The van der Waals surface area contributed by atoms with E-state index in [1.807, 2.05) is 0 Å². The molecule has 0 saturated heterocycles. The van der Waals surface area contributed by atoms with Gasteiger partial charge in [-0.2, -0.15) is 13.2 Å². The standard InChI is InChI=1S/C29H33ClF5N3O4/c1-28(2,3)27(41)36-14-16-4-10-22(30)20(12-16)25(39)38-19-9-11-23(42-15-24(31)32)21(13-19)26(40)37-18-7-5-17(6-8-18)29(33,34)35/h4,9-13,17-18,24H,5-8,14-15H2,1-3H3,(H,36,41)(H,37,40)(H,38,39). The third kappa shape index (κ3) is 9.30. The fourth-order valence-electron chi connectivity index (χ4n) is 4.39. The van der Waals surface area contributed by atoms with Crippen LogP contribution in [0.2, 0.25) is 5.02 Å². The predicted octanol–water partition coefficient (Wildman–Crippen LogP) is 6.75. The molecule has 42 heavy (non-hydrogen) atoms. The molecule has 1 saturated carbocycles. The summed E-state index contributed by atoms with van der Waals surface area (Å²) in [6, 6.07) is 7.95. The number of carbonyl (C=O) groups is 3. The highest BCUT2D eigenvalue weighted by atomic mass is 35.5. The number of rotatable bonds is 9. The van der Waals surface area contributed by atoms with Crippen molar-refractivity contribution in [3.63, 3.8) is 0 Å². The Kier molecular flexibility index (Phi) is 10.8. The SMILES string of the molecule is CC(C)(C)C(=O)NCc1ccc(Cl)c(C(=O)Nc2ccc(OCC(F)F)c(C(=O)NC3CCC(C(F)(F)F)CC3)c2)c1. The smallest absolute Gasteiger partial charge is 0.391 e. The lowest BCUT2D eigenvalue weighted by Gasteiger charge is -2.30. The van der Waals surface area contributed by atoms with Crippen molar-refractivity contribution < 1.29 is 41.1 Å². The predicted molar refractivity (Wildman–Crippen MR) is 148 cm³/mol. The van der Waals surface area contributed by atoms with Crippen LogP contribution in [0.4, 0.5) is 27.6 Å². The molecular weight excluding hydrogens is 585 g/mol. The number of carbonyl (C=O) groups excluding carboxylic acids is 3. The average molecular weight is 618 g/mol.